The van der Waals surface area contributed by atoms with Crippen LogP contribution < -0.4 is 11.1 Å². The average molecular weight is 337 g/mol. The second-order valence-corrected chi connectivity index (χ2v) is 5.40. The van der Waals surface area contributed by atoms with Gasteiger partial charge in [-0.3, -0.25) is 4.79 Å². The smallest absolute Gasteiger partial charge is 0.253 e. The molecule has 0 fully saturated rings. The fourth-order valence-corrected chi connectivity index (χ4v) is 2.25. The quantitative estimate of drug-likeness (QED) is 0.840. The van der Waals surface area contributed by atoms with Crippen LogP contribution in [0.5, 0.6) is 0 Å². The summed E-state index contributed by atoms with van der Waals surface area (Å²) in [7, 11) is 0. The van der Waals surface area contributed by atoms with E-state index in [-0.39, 0.29) is 17.8 Å². The standard InChI is InChI=1S/C15H14BrFN2O/c1-9(10-3-2-4-12(17)7-10)19-15(20)13-6-5-11(16)8-14(13)18/h2-9H,18H2,1H3,(H,19,20). The number of halogens is 2. The Balaban J connectivity index is 2.15. The van der Waals surface area contributed by atoms with E-state index in [1.165, 1.54) is 12.1 Å². The first kappa shape index (κ1) is 14.5. The Morgan fingerprint density at radius 3 is 2.70 bits per heavy atom. The highest BCUT2D eigenvalue weighted by Crippen LogP contribution is 2.20. The molecule has 3 N–H and O–H groups in total. The molecule has 0 aliphatic rings. The molecule has 5 heteroatoms. The van der Waals surface area contributed by atoms with E-state index in [1.807, 2.05) is 0 Å². The van der Waals surface area contributed by atoms with Crippen molar-refractivity contribution >= 4 is 27.5 Å². The van der Waals surface area contributed by atoms with Gasteiger partial charge in [0.05, 0.1) is 11.6 Å². The molecule has 0 aliphatic carbocycles. The number of carbonyl (C=O) groups is 1. The Bertz CT molecular complexity index is 646. The van der Waals surface area contributed by atoms with Gasteiger partial charge in [0, 0.05) is 10.2 Å². The van der Waals surface area contributed by atoms with Crippen LogP contribution in [-0.2, 0) is 0 Å². The summed E-state index contributed by atoms with van der Waals surface area (Å²) in [5.41, 5.74) is 7.30. The van der Waals surface area contributed by atoms with Crippen molar-refractivity contribution in [2.24, 2.45) is 0 Å². The number of nitrogens with one attached hydrogen (secondary N) is 1. The van der Waals surface area contributed by atoms with Gasteiger partial charge >= 0.3 is 0 Å². The summed E-state index contributed by atoms with van der Waals surface area (Å²) in [5, 5.41) is 2.80. The maximum Gasteiger partial charge on any atom is 0.253 e. The fourth-order valence-electron chi connectivity index (χ4n) is 1.87. The molecule has 0 bridgehead atoms. The summed E-state index contributed by atoms with van der Waals surface area (Å²) in [4.78, 5) is 12.1. The molecular formula is C15H14BrFN2O. The van der Waals surface area contributed by atoms with Crippen LogP contribution in [0.4, 0.5) is 10.1 Å². The molecule has 3 nitrogen and oxygen atoms in total. The number of hydrogen-bond acceptors (Lipinski definition) is 2. The monoisotopic (exact) mass is 336 g/mol. The van der Waals surface area contributed by atoms with Crippen LogP contribution in [0, 0.1) is 5.82 Å². The summed E-state index contributed by atoms with van der Waals surface area (Å²) in [6, 6.07) is 10.9. The van der Waals surface area contributed by atoms with Crippen molar-refractivity contribution < 1.29 is 9.18 Å². The maximum absolute atomic E-state index is 13.2. The van der Waals surface area contributed by atoms with Gasteiger partial charge < -0.3 is 11.1 Å². The number of hydrogen-bond donors (Lipinski definition) is 2. The van der Waals surface area contributed by atoms with Crippen molar-refractivity contribution in [3.05, 3.63) is 63.9 Å². The Kier molecular flexibility index (Phi) is 4.39. The molecule has 2 rings (SSSR count). The Morgan fingerprint density at radius 2 is 2.05 bits per heavy atom. The summed E-state index contributed by atoms with van der Waals surface area (Å²) in [6.45, 7) is 1.79. The van der Waals surface area contributed by atoms with Gasteiger partial charge in [-0.25, -0.2) is 4.39 Å². The van der Waals surface area contributed by atoms with Crippen molar-refractivity contribution in [1.82, 2.24) is 5.32 Å². The number of rotatable bonds is 3. The molecule has 0 saturated carbocycles. The van der Waals surface area contributed by atoms with Crippen molar-refractivity contribution in [2.75, 3.05) is 5.73 Å². The largest absolute Gasteiger partial charge is 0.398 e. The number of benzene rings is 2. The van der Waals surface area contributed by atoms with Crippen LogP contribution in [0.2, 0.25) is 0 Å². The zero-order valence-electron chi connectivity index (χ0n) is 10.9. The molecule has 0 saturated heterocycles. The van der Waals surface area contributed by atoms with E-state index in [1.54, 1.807) is 37.3 Å². The van der Waals surface area contributed by atoms with E-state index < -0.39 is 0 Å². The molecule has 104 valence electrons. The van der Waals surface area contributed by atoms with Crippen LogP contribution >= 0.6 is 15.9 Å². The number of nitrogens with two attached hydrogens (primary N) is 1. The van der Waals surface area contributed by atoms with E-state index in [2.05, 4.69) is 21.2 Å². The highest BCUT2D eigenvalue weighted by Gasteiger charge is 2.14. The van der Waals surface area contributed by atoms with Gasteiger partial charge in [-0.05, 0) is 42.8 Å². The van der Waals surface area contributed by atoms with E-state index in [9.17, 15) is 9.18 Å². The second kappa shape index (κ2) is 6.05. The molecule has 0 heterocycles. The van der Waals surface area contributed by atoms with Crippen molar-refractivity contribution in [3.63, 3.8) is 0 Å². The summed E-state index contributed by atoms with van der Waals surface area (Å²) >= 11 is 3.29. The highest BCUT2D eigenvalue weighted by atomic mass is 79.9. The Morgan fingerprint density at radius 1 is 1.30 bits per heavy atom. The summed E-state index contributed by atoms with van der Waals surface area (Å²) in [6.07, 6.45) is 0. The first-order valence-corrected chi connectivity index (χ1v) is 6.88. The third-order valence-corrected chi connectivity index (χ3v) is 3.45. The van der Waals surface area contributed by atoms with Crippen LogP contribution in [0.1, 0.15) is 28.9 Å². The first-order chi connectivity index (χ1) is 9.47. The van der Waals surface area contributed by atoms with Gasteiger partial charge in [-0.15, -0.1) is 0 Å². The van der Waals surface area contributed by atoms with Gasteiger partial charge in [0.25, 0.3) is 5.91 Å². The zero-order chi connectivity index (χ0) is 14.7. The van der Waals surface area contributed by atoms with Crippen LogP contribution in [0.15, 0.2) is 46.9 Å². The molecule has 1 atom stereocenters. The minimum Gasteiger partial charge on any atom is -0.398 e. The normalized spacial score (nSPS) is 11.9. The molecular weight excluding hydrogens is 323 g/mol. The lowest BCUT2D eigenvalue weighted by atomic mass is 10.1. The molecule has 0 aliphatic heterocycles. The second-order valence-electron chi connectivity index (χ2n) is 4.48. The topological polar surface area (TPSA) is 55.1 Å². The Labute approximate surface area is 125 Å². The average Bonchev–Trinajstić information content (AvgIpc) is 2.38. The van der Waals surface area contributed by atoms with E-state index in [0.29, 0.717) is 16.8 Å². The molecule has 1 unspecified atom stereocenters. The number of amides is 1. The lowest BCUT2D eigenvalue weighted by Crippen LogP contribution is -2.27. The van der Waals surface area contributed by atoms with Gasteiger partial charge in [0.1, 0.15) is 5.82 Å². The predicted molar refractivity (Wildman–Crippen MR) is 80.8 cm³/mol. The van der Waals surface area contributed by atoms with E-state index in [4.69, 9.17) is 5.73 Å². The molecule has 20 heavy (non-hydrogen) atoms. The fraction of sp³-hybridized carbons (Fsp3) is 0.133. The lowest BCUT2D eigenvalue weighted by Gasteiger charge is -2.15. The number of anilines is 1. The summed E-state index contributed by atoms with van der Waals surface area (Å²) in [5.74, 6) is -0.612. The van der Waals surface area contributed by atoms with E-state index in [0.717, 1.165) is 4.47 Å². The van der Waals surface area contributed by atoms with Gasteiger partial charge in [-0.2, -0.15) is 0 Å². The van der Waals surface area contributed by atoms with Crippen molar-refractivity contribution in [2.45, 2.75) is 13.0 Å². The minimum absolute atomic E-state index is 0.285. The summed E-state index contributed by atoms with van der Waals surface area (Å²) < 4.78 is 14.0. The first-order valence-electron chi connectivity index (χ1n) is 6.08. The van der Waals surface area contributed by atoms with Crippen molar-refractivity contribution in [1.29, 1.82) is 0 Å². The van der Waals surface area contributed by atoms with E-state index >= 15 is 0 Å². The van der Waals surface area contributed by atoms with Crippen LogP contribution in [0.25, 0.3) is 0 Å². The molecule has 2 aromatic carbocycles. The van der Waals surface area contributed by atoms with Crippen LogP contribution in [-0.4, -0.2) is 5.91 Å². The third-order valence-electron chi connectivity index (χ3n) is 2.95. The molecule has 0 radical (unpaired) electrons. The van der Waals surface area contributed by atoms with Gasteiger partial charge in [-0.1, -0.05) is 28.1 Å². The highest BCUT2D eigenvalue weighted by molar-refractivity contribution is 9.10. The molecule has 1 amide bonds. The van der Waals surface area contributed by atoms with Crippen LogP contribution in [0.3, 0.4) is 0 Å². The maximum atomic E-state index is 13.2. The van der Waals surface area contributed by atoms with Gasteiger partial charge in [0.2, 0.25) is 0 Å². The number of nitrogen functional groups attached to an aromatic ring is 1. The molecule has 2 aromatic rings. The minimum atomic E-state index is -0.327. The SMILES string of the molecule is CC(NC(=O)c1ccc(Br)cc1N)c1cccc(F)c1. The Hall–Kier alpha value is -1.88. The predicted octanol–water partition coefficient (Wildman–Crippen LogP) is 3.66. The van der Waals surface area contributed by atoms with Crippen molar-refractivity contribution in [3.8, 4) is 0 Å². The molecule has 0 spiro atoms. The zero-order valence-corrected chi connectivity index (χ0v) is 12.4. The van der Waals surface area contributed by atoms with Gasteiger partial charge in [0.15, 0.2) is 0 Å². The molecule has 0 aromatic heterocycles. The lowest BCUT2D eigenvalue weighted by molar-refractivity contribution is 0.0940. The number of carbonyl (C=O) groups excluding carboxylic acids is 1. The third kappa shape index (κ3) is 3.36.